The van der Waals surface area contributed by atoms with Crippen molar-refractivity contribution >= 4 is 34.7 Å². The molecule has 0 bridgehead atoms. The summed E-state index contributed by atoms with van der Waals surface area (Å²) in [5.74, 6) is 1.81. The molecule has 0 aliphatic carbocycles. The second kappa shape index (κ2) is 8.95. The number of anilines is 1. The number of hydrogen-bond donors (Lipinski definition) is 1. The van der Waals surface area contributed by atoms with Gasteiger partial charge in [-0.25, -0.2) is 4.98 Å². The van der Waals surface area contributed by atoms with Gasteiger partial charge in [0.2, 0.25) is 0 Å². The normalized spacial score (nSPS) is 22.4. The summed E-state index contributed by atoms with van der Waals surface area (Å²) in [5.41, 5.74) is 10.3. The molecule has 1 spiro atoms. The van der Waals surface area contributed by atoms with Crippen molar-refractivity contribution < 1.29 is 4.74 Å². The summed E-state index contributed by atoms with van der Waals surface area (Å²) >= 11 is 13.0. The average Bonchev–Trinajstić information content (AvgIpc) is 3.32. The number of hydrogen-bond acceptors (Lipinski definition) is 6. The maximum atomic E-state index is 6.64. The molecule has 5 rings (SSSR count). The van der Waals surface area contributed by atoms with E-state index >= 15 is 0 Å². The van der Waals surface area contributed by atoms with E-state index in [1.807, 2.05) is 30.7 Å². The molecule has 0 amide bonds. The molecule has 4 heterocycles. The number of pyridine rings is 1. The lowest BCUT2D eigenvalue weighted by Gasteiger charge is -2.42. The number of piperidine rings is 1. The Bertz CT molecular complexity index is 1220. The number of fused-ring (bicyclic) bond motifs is 1. The van der Waals surface area contributed by atoms with Crippen LogP contribution in [0.4, 0.5) is 5.82 Å². The van der Waals surface area contributed by atoms with Crippen molar-refractivity contribution in [2.45, 2.75) is 45.4 Å². The van der Waals surface area contributed by atoms with E-state index in [1.165, 1.54) is 0 Å². The second-order valence-electron chi connectivity index (χ2n) is 10.1. The van der Waals surface area contributed by atoms with Crippen LogP contribution in [-0.4, -0.2) is 65.4 Å². The molecule has 7 nitrogen and oxygen atoms in total. The van der Waals surface area contributed by atoms with E-state index in [0.29, 0.717) is 16.6 Å². The van der Waals surface area contributed by atoms with E-state index in [2.05, 4.69) is 29.7 Å². The minimum atomic E-state index is 0.0663. The Kier molecular flexibility index (Phi) is 6.27. The molecule has 2 aliphatic rings. The third-order valence-corrected chi connectivity index (χ3v) is 8.26. The Hall–Kier alpha value is -1.90. The molecule has 2 N–H and O–H groups in total. The van der Waals surface area contributed by atoms with Crippen molar-refractivity contribution in [3.63, 3.8) is 0 Å². The summed E-state index contributed by atoms with van der Waals surface area (Å²) in [4.78, 5) is 9.42. The van der Waals surface area contributed by atoms with Gasteiger partial charge in [0.05, 0.1) is 29.3 Å². The monoisotopic (exact) mass is 502 g/mol. The van der Waals surface area contributed by atoms with Crippen LogP contribution in [0.15, 0.2) is 24.3 Å². The number of aromatic nitrogens is 3. The van der Waals surface area contributed by atoms with Crippen LogP contribution in [-0.2, 0) is 11.3 Å². The van der Waals surface area contributed by atoms with Crippen molar-refractivity contribution in [3.8, 4) is 11.1 Å². The number of rotatable bonds is 4. The first-order valence-electron chi connectivity index (χ1n) is 11.8. The van der Waals surface area contributed by atoms with Gasteiger partial charge < -0.3 is 20.3 Å². The Morgan fingerprint density at radius 2 is 1.97 bits per heavy atom. The zero-order valence-electron chi connectivity index (χ0n) is 20.2. The molecular weight excluding hydrogens is 471 g/mol. The highest BCUT2D eigenvalue weighted by atomic mass is 35.5. The van der Waals surface area contributed by atoms with Crippen molar-refractivity contribution in [3.05, 3.63) is 45.7 Å². The maximum absolute atomic E-state index is 6.64. The average molecular weight is 503 g/mol. The van der Waals surface area contributed by atoms with Crippen LogP contribution in [0.5, 0.6) is 0 Å². The van der Waals surface area contributed by atoms with Crippen LogP contribution in [0.3, 0.4) is 0 Å². The predicted octanol–water partition coefficient (Wildman–Crippen LogP) is 4.41. The Morgan fingerprint density at radius 1 is 1.24 bits per heavy atom. The van der Waals surface area contributed by atoms with Gasteiger partial charge in [-0.1, -0.05) is 35.3 Å². The van der Waals surface area contributed by atoms with Gasteiger partial charge in [0.25, 0.3) is 0 Å². The molecule has 34 heavy (non-hydrogen) atoms. The quantitative estimate of drug-likeness (QED) is 0.569. The number of benzene rings is 1. The fourth-order valence-electron chi connectivity index (χ4n) is 5.44. The van der Waals surface area contributed by atoms with Crippen LogP contribution < -0.4 is 10.6 Å². The number of halogens is 2. The Morgan fingerprint density at radius 3 is 2.62 bits per heavy atom. The molecule has 182 valence electrons. The standard InChI is InChI=1S/C25H32Cl2N6O/c1-15-12-20(32-10-8-25(9-11-32)14-34-16(2)23(25)28)33-24(29-19(30-33)13-31(3)4)21(15)17-6-5-7-18(26)22(17)27/h5-7,12,16,23H,8-11,13-14,28H2,1-4H3/t16-,23+/m0/s1. The van der Waals surface area contributed by atoms with Gasteiger partial charge in [0.15, 0.2) is 11.5 Å². The third-order valence-electron chi connectivity index (χ3n) is 7.44. The number of ether oxygens (including phenoxy) is 1. The topological polar surface area (TPSA) is 71.9 Å². The van der Waals surface area contributed by atoms with Crippen LogP contribution in [0.25, 0.3) is 16.8 Å². The van der Waals surface area contributed by atoms with Gasteiger partial charge in [-0.15, -0.1) is 5.10 Å². The third kappa shape index (κ3) is 3.97. The fraction of sp³-hybridized carbons (Fsp3) is 0.520. The first-order valence-corrected chi connectivity index (χ1v) is 12.6. The van der Waals surface area contributed by atoms with Gasteiger partial charge in [0.1, 0.15) is 5.82 Å². The summed E-state index contributed by atoms with van der Waals surface area (Å²) in [7, 11) is 4.04. The van der Waals surface area contributed by atoms with Gasteiger partial charge in [0, 0.05) is 35.7 Å². The van der Waals surface area contributed by atoms with Crippen molar-refractivity contribution in [1.82, 2.24) is 19.5 Å². The first-order chi connectivity index (χ1) is 16.2. The lowest BCUT2D eigenvalue weighted by atomic mass is 9.73. The summed E-state index contributed by atoms with van der Waals surface area (Å²) in [6, 6.07) is 7.99. The molecule has 2 aromatic heterocycles. The molecule has 2 fully saturated rings. The largest absolute Gasteiger partial charge is 0.376 e. The van der Waals surface area contributed by atoms with Gasteiger partial charge >= 0.3 is 0 Å². The molecule has 0 radical (unpaired) electrons. The van der Waals surface area contributed by atoms with Gasteiger partial charge in [-0.05, 0) is 58.5 Å². The minimum Gasteiger partial charge on any atom is -0.376 e. The molecule has 2 atom stereocenters. The number of nitrogens with two attached hydrogens (primary N) is 1. The van der Waals surface area contributed by atoms with Gasteiger partial charge in [-0.2, -0.15) is 4.52 Å². The van der Waals surface area contributed by atoms with Crippen LogP contribution in [0.2, 0.25) is 10.0 Å². The van der Waals surface area contributed by atoms with Crippen molar-refractivity contribution in [2.24, 2.45) is 11.1 Å². The van der Waals surface area contributed by atoms with Crippen LogP contribution in [0, 0.1) is 12.3 Å². The second-order valence-corrected chi connectivity index (χ2v) is 10.8. The van der Waals surface area contributed by atoms with E-state index in [-0.39, 0.29) is 17.6 Å². The van der Waals surface area contributed by atoms with Crippen LogP contribution in [0.1, 0.15) is 31.2 Å². The summed E-state index contributed by atoms with van der Waals surface area (Å²) in [6.45, 7) is 7.39. The highest BCUT2D eigenvalue weighted by Gasteiger charge is 2.47. The Labute approximate surface area is 210 Å². The highest BCUT2D eigenvalue weighted by molar-refractivity contribution is 6.43. The molecule has 2 saturated heterocycles. The molecule has 0 unspecified atom stereocenters. The van der Waals surface area contributed by atoms with E-state index in [9.17, 15) is 0 Å². The molecule has 1 aromatic carbocycles. The number of aryl methyl sites for hydroxylation is 1. The zero-order valence-corrected chi connectivity index (χ0v) is 21.7. The summed E-state index contributed by atoms with van der Waals surface area (Å²) in [6.07, 6.45) is 2.12. The molecular formula is C25H32Cl2N6O. The van der Waals surface area contributed by atoms with E-state index in [4.69, 9.17) is 43.8 Å². The van der Waals surface area contributed by atoms with E-state index in [0.717, 1.165) is 66.5 Å². The summed E-state index contributed by atoms with van der Waals surface area (Å²) < 4.78 is 7.89. The lowest BCUT2D eigenvalue weighted by Crippen LogP contribution is -2.51. The lowest BCUT2D eigenvalue weighted by molar-refractivity contribution is 0.0974. The number of nitrogens with zero attached hydrogens (tertiary/aromatic N) is 5. The van der Waals surface area contributed by atoms with E-state index < -0.39 is 0 Å². The smallest absolute Gasteiger partial charge is 0.166 e. The summed E-state index contributed by atoms with van der Waals surface area (Å²) in [5, 5.41) is 5.98. The van der Waals surface area contributed by atoms with Gasteiger partial charge in [-0.3, -0.25) is 0 Å². The SMILES string of the molecule is Cc1cc(N2CCC3(CC2)CO[C@@H](C)[C@H]3N)n2nc(CN(C)C)nc2c1-c1cccc(Cl)c1Cl. The van der Waals surface area contributed by atoms with Crippen molar-refractivity contribution in [1.29, 1.82) is 0 Å². The molecule has 9 heteroatoms. The first kappa shape index (κ1) is 23.8. The molecule has 3 aromatic rings. The van der Waals surface area contributed by atoms with E-state index in [1.54, 1.807) is 6.07 Å². The Balaban J connectivity index is 1.58. The highest BCUT2D eigenvalue weighted by Crippen LogP contribution is 2.43. The predicted molar refractivity (Wildman–Crippen MR) is 138 cm³/mol. The molecule has 2 aliphatic heterocycles. The molecule has 0 saturated carbocycles. The minimum absolute atomic E-state index is 0.0663. The van der Waals surface area contributed by atoms with Crippen molar-refractivity contribution in [2.75, 3.05) is 38.7 Å². The zero-order chi connectivity index (χ0) is 24.2. The maximum Gasteiger partial charge on any atom is 0.166 e. The van der Waals surface area contributed by atoms with Crippen LogP contribution >= 0.6 is 23.2 Å². The fourth-order valence-corrected chi connectivity index (χ4v) is 5.83.